The molecule has 0 saturated carbocycles. The van der Waals surface area contributed by atoms with Gasteiger partial charge in [-0.2, -0.15) is 0 Å². The highest BCUT2D eigenvalue weighted by molar-refractivity contribution is 5.84. The van der Waals surface area contributed by atoms with Crippen LogP contribution in [-0.2, 0) is 0 Å². The van der Waals surface area contributed by atoms with Crippen molar-refractivity contribution in [2.75, 3.05) is 0 Å². The van der Waals surface area contributed by atoms with Gasteiger partial charge in [-0.25, -0.2) is 19.9 Å². The smallest absolute Gasteiger partial charge is 0.164 e. The molecule has 0 fully saturated rings. The minimum Gasteiger partial charge on any atom is -0.292 e. The molecule has 0 amide bonds. The largest absolute Gasteiger partial charge is 0.292 e. The van der Waals surface area contributed by atoms with Gasteiger partial charge in [-0.05, 0) is 53.6 Å². The number of hydrogen-bond acceptors (Lipinski definition) is 5. The van der Waals surface area contributed by atoms with Crippen LogP contribution in [0, 0.1) is 0 Å². The Morgan fingerprint density at radius 1 is 0.378 bits per heavy atom. The molecule has 0 aliphatic carbocycles. The minimum absolute atomic E-state index is 0.626. The van der Waals surface area contributed by atoms with Crippen LogP contribution in [0.2, 0.25) is 0 Å². The number of hydrogen-bond donors (Lipinski definition) is 0. The predicted molar refractivity (Wildman–Crippen MR) is 179 cm³/mol. The number of nitrogens with zero attached hydrogens (tertiary/aromatic N) is 6. The van der Waals surface area contributed by atoms with Crippen molar-refractivity contribution in [1.29, 1.82) is 0 Å². The lowest BCUT2D eigenvalue weighted by molar-refractivity contribution is 1.07. The van der Waals surface area contributed by atoms with Gasteiger partial charge in [0.1, 0.15) is 5.82 Å². The van der Waals surface area contributed by atoms with Crippen molar-refractivity contribution in [1.82, 2.24) is 29.5 Å². The normalized spacial score (nSPS) is 11.1. The molecule has 0 radical (unpaired) electrons. The van der Waals surface area contributed by atoms with Crippen LogP contribution in [0.15, 0.2) is 158 Å². The van der Waals surface area contributed by atoms with E-state index in [0.717, 1.165) is 55.9 Å². The number of imidazole rings is 1. The summed E-state index contributed by atoms with van der Waals surface area (Å²) in [5.41, 5.74) is 8.96. The Balaban J connectivity index is 1.24. The number of pyridine rings is 1. The summed E-state index contributed by atoms with van der Waals surface area (Å²) in [5.74, 6) is 2.78. The molecule has 0 saturated heterocycles. The van der Waals surface area contributed by atoms with Gasteiger partial charge in [-0.3, -0.25) is 9.55 Å². The van der Waals surface area contributed by atoms with Crippen molar-refractivity contribution in [2.45, 2.75) is 0 Å². The molecule has 8 aromatic rings. The van der Waals surface area contributed by atoms with Crippen molar-refractivity contribution in [3.63, 3.8) is 0 Å². The van der Waals surface area contributed by atoms with Crippen LogP contribution in [-0.4, -0.2) is 29.5 Å². The van der Waals surface area contributed by atoms with Gasteiger partial charge in [-0.1, -0.05) is 103 Å². The summed E-state index contributed by atoms with van der Waals surface area (Å²) in [4.78, 5) is 23.9. The van der Waals surface area contributed by atoms with Crippen molar-refractivity contribution in [3.8, 4) is 62.4 Å². The van der Waals surface area contributed by atoms with Crippen molar-refractivity contribution >= 4 is 11.0 Å². The topological polar surface area (TPSA) is 69.4 Å². The predicted octanol–water partition coefficient (Wildman–Crippen LogP) is 8.94. The number of para-hydroxylation sites is 2. The second-order valence-electron chi connectivity index (χ2n) is 10.7. The number of rotatable bonds is 6. The first-order chi connectivity index (χ1) is 22.3. The highest BCUT2D eigenvalue weighted by atomic mass is 15.1. The maximum Gasteiger partial charge on any atom is 0.164 e. The number of fused-ring (bicyclic) bond motifs is 1. The molecule has 6 heteroatoms. The lowest BCUT2D eigenvalue weighted by atomic mass is 10.0. The van der Waals surface area contributed by atoms with E-state index in [2.05, 4.69) is 64.1 Å². The van der Waals surface area contributed by atoms with E-state index in [1.807, 2.05) is 91.0 Å². The van der Waals surface area contributed by atoms with Crippen molar-refractivity contribution < 1.29 is 0 Å². The van der Waals surface area contributed by atoms with Crippen LogP contribution < -0.4 is 0 Å². The van der Waals surface area contributed by atoms with Gasteiger partial charge in [0.2, 0.25) is 0 Å². The minimum atomic E-state index is 0.626. The molecule has 0 aliphatic heterocycles. The standard InChI is InChI=1S/C39H26N6/c1-3-11-27(12-4-1)36-42-37(28-13-5-2-6-14-28)44-38(43-36)32-17-9-15-30(25-32)31-16-10-18-33(26-31)45-35-20-8-7-19-34(35)41-39(45)29-21-23-40-24-22-29/h1-26H. The zero-order valence-corrected chi connectivity index (χ0v) is 24.2. The first-order valence-electron chi connectivity index (χ1n) is 14.8. The van der Waals surface area contributed by atoms with E-state index < -0.39 is 0 Å². The molecule has 3 heterocycles. The summed E-state index contributed by atoms with van der Waals surface area (Å²) in [6.07, 6.45) is 3.60. The lowest BCUT2D eigenvalue weighted by Crippen LogP contribution is -2.00. The molecule has 0 unspecified atom stereocenters. The third-order valence-electron chi connectivity index (χ3n) is 7.76. The highest BCUT2D eigenvalue weighted by Crippen LogP contribution is 2.32. The quantitative estimate of drug-likeness (QED) is 0.197. The zero-order valence-electron chi connectivity index (χ0n) is 24.2. The van der Waals surface area contributed by atoms with Crippen LogP contribution in [0.3, 0.4) is 0 Å². The lowest BCUT2D eigenvalue weighted by Gasteiger charge is -2.12. The molecule has 45 heavy (non-hydrogen) atoms. The van der Waals surface area contributed by atoms with Gasteiger partial charge in [-0.15, -0.1) is 0 Å². The summed E-state index contributed by atoms with van der Waals surface area (Å²) in [6.45, 7) is 0. The van der Waals surface area contributed by atoms with Crippen LogP contribution >= 0.6 is 0 Å². The second-order valence-corrected chi connectivity index (χ2v) is 10.7. The SMILES string of the molecule is c1ccc(-c2nc(-c3ccccc3)nc(-c3cccc(-c4cccc(-n5c(-c6ccncc6)nc6ccccc65)c4)c3)n2)cc1. The summed E-state index contributed by atoms with van der Waals surface area (Å²) in [7, 11) is 0. The fraction of sp³-hybridized carbons (Fsp3) is 0. The zero-order chi connectivity index (χ0) is 30.0. The van der Waals surface area contributed by atoms with E-state index in [1.165, 1.54) is 0 Å². The van der Waals surface area contributed by atoms with Crippen LogP contribution in [0.25, 0.3) is 73.4 Å². The van der Waals surface area contributed by atoms with E-state index >= 15 is 0 Å². The van der Waals surface area contributed by atoms with E-state index in [9.17, 15) is 0 Å². The van der Waals surface area contributed by atoms with Gasteiger partial charge in [0.25, 0.3) is 0 Å². The monoisotopic (exact) mass is 578 g/mol. The molecule has 0 aliphatic rings. The fourth-order valence-electron chi connectivity index (χ4n) is 5.58. The highest BCUT2D eigenvalue weighted by Gasteiger charge is 2.16. The van der Waals surface area contributed by atoms with E-state index in [0.29, 0.717) is 17.5 Å². The molecule has 3 aromatic heterocycles. The Morgan fingerprint density at radius 3 is 1.60 bits per heavy atom. The molecule has 0 bridgehead atoms. The van der Waals surface area contributed by atoms with Crippen LogP contribution in [0.5, 0.6) is 0 Å². The summed E-state index contributed by atoms with van der Waals surface area (Å²) < 4.78 is 2.21. The maximum atomic E-state index is 4.99. The molecular weight excluding hydrogens is 552 g/mol. The van der Waals surface area contributed by atoms with Crippen molar-refractivity contribution in [3.05, 3.63) is 158 Å². The van der Waals surface area contributed by atoms with Crippen LogP contribution in [0.4, 0.5) is 0 Å². The summed E-state index contributed by atoms with van der Waals surface area (Å²) in [5, 5.41) is 0. The van der Waals surface area contributed by atoms with Crippen LogP contribution in [0.1, 0.15) is 0 Å². The average Bonchev–Trinajstić information content (AvgIpc) is 3.53. The Bertz CT molecular complexity index is 2200. The first-order valence-corrected chi connectivity index (χ1v) is 14.8. The fourth-order valence-corrected chi connectivity index (χ4v) is 5.58. The Hall–Kier alpha value is -6.27. The first kappa shape index (κ1) is 26.4. The Morgan fingerprint density at radius 2 is 0.911 bits per heavy atom. The molecular formula is C39H26N6. The Labute approximate surface area is 260 Å². The van der Waals surface area contributed by atoms with Gasteiger partial charge in [0.15, 0.2) is 17.5 Å². The van der Waals surface area contributed by atoms with Crippen molar-refractivity contribution in [2.24, 2.45) is 0 Å². The molecule has 8 rings (SSSR count). The summed E-state index contributed by atoms with van der Waals surface area (Å²) >= 11 is 0. The Kier molecular flexibility index (Phi) is 6.70. The molecule has 6 nitrogen and oxygen atoms in total. The maximum absolute atomic E-state index is 4.99. The third kappa shape index (κ3) is 5.15. The third-order valence-corrected chi connectivity index (χ3v) is 7.76. The van der Waals surface area contributed by atoms with E-state index in [-0.39, 0.29) is 0 Å². The second kappa shape index (κ2) is 11.4. The van der Waals surface area contributed by atoms with E-state index in [4.69, 9.17) is 19.9 Å². The molecule has 0 spiro atoms. The average molecular weight is 579 g/mol. The molecule has 212 valence electrons. The van der Waals surface area contributed by atoms with E-state index in [1.54, 1.807) is 12.4 Å². The molecule has 5 aromatic carbocycles. The van der Waals surface area contributed by atoms with Gasteiger partial charge >= 0.3 is 0 Å². The number of aromatic nitrogens is 6. The summed E-state index contributed by atoms with van der Waals surface area (Å²) in [6, 6.07) is 49.2. The van der Waals surface area contributed by atoms with Gasteiger partial charge < -0.3 is 0 Å². The number of benzene rings is 5. The molecule has 0 N–H and O–H groups in total. The van der Waals surface area contributed by atoms with Gasteiger partial charge in [0, 0.05) is 40.3 Å². The molecule has 0 atom stereocenters. The van der Waals surface area contributed by atoms with Gasteiger partial charge in [0.05, 0.1) is 11.0 Å².